The van der Waals surface area contributed by atoms with Crippen molar-refractivity contribution in [2.75, 3.05) is 7.11 Å². The zero-order valence-corrected chi connectivity index (χ0v) is 9.59. The summed E-state index contributed by atoms with van der Waals surface area (Å²) >= 11 is 0. The molecule has 1 heterocycles. The average Bonchev–Trinajstić information content (AvgIpc) is 2.40. The number of aryl methyl sites for hydroxylation is 1. The first-order chi connectivity index (χ1) is 6.41. The summed E-state index contributed by atoms with van der Waals surface area (Å²) in [6, 6.07) is 0. The van der Waals surface area contributed by atoms with Crippen molar-refractivity contribution >= 4 is 0 Å². The Balaban J connectivity index is 3.31. The fourth-order valence-electron chi connectivity index (χ4n) is 1.44. The Morgan fingerprint density at radius 3 is 2.36 bits per heavy atom. The molecule has 0 aliphatic carbocycles. The van der Waals surface area contributed by atoms with Gasteiger partial charge in [-0.25, -0.2) is 4.68 Å². The number of nitrogens with zero attached hydrogens (tertiary/aromatic N) is 2. The van der Waals surface area contributed by atoms with Crippen LogP contribution in [0.4, 0.5) is 0 Å². The number of hydrogen-bond acceptors (Lipinski definition) is 3. The molecule has 14 heavy (non-hydrogen) atoms. The fraction of sp³-hybridized carbons (Fsp3) is 0.700. The Hall–Kier alpha value is -1.03. The van der Waals surface area contributed by atoms with Gasteiger partial charge in [0.05, 0.1) is 23.9 Å². The van der Waals surface area contributed by atoms with Crippen LogP contribution in [0, 0.1) is 6.92 Å². The van der Waals surface area contributed by atoms with Gasteiger partial charge in [-0.2, -0.15) is 5.10 Å². The molecule has 4 heteroatoms. The van der Waals surface area contributed by atoms with E-state index in [1.807, 2.05) is 11.6 Å². The molecule has 2 N–H and O–H groups in total. The van der Waals surface area contributed by atoms with Gasteiger partial charge in [0, 0.05) is 6.54 Å². The van der Waals surface area contributed by atoms with Crippen molar-refractivity contribution in [3.05, 3.63) is 11.3 Å². The van der Waals surface area contributed by atoms with Crippen LogP contribution >= 0.6 is 0 Å². The third-order valence-electron chi connectivity index (χ3n) is 2.17. The van der Waals surface area contributed by atoms with E-state index < -0.39 is 0 Å². The molecule has 0 fully saturated rings. The lowest BCUT2D eigenvalue weighted by Gasteiger charge is -2.21. The van der Waals surface area contributed by atoms with Crippen LogP contribution in [0.25, 0.3) is 0 Å². The first-order valence-corrected chi connectivity index (χ1v) is 4.74. The summed E-state index contributed by atoms with van der Waals surface area (Å²) in [5.74, 6) is 0.775. The molecule has 0 bridgehead atoms. The van der Waals surface area contributed by atoms with Crippen LogP contribution in [-0.2, 0) is 12.1 Å². The lowest BCUT2D eigenvalue weighted by atomic mass is 10.1. The van der Waals surface area contributed by atoms with E-state index in [4.69, 9.17) is 10.5 Å². The molecule has 1 aromatic heterocycles. The minimum Gasteiger partial charge on any atom is -0.481 e. The molecule has 0 unspecified atom stereocenters. The molecule has 0 aliphatic heterocycles. The highest BCUT2D eigenvalue weighted by Crippen LogP contribution is 2.27. The smallest absolute Gasteiger partial charge is 0.216 e. The largest absolute Gasteiger partial charge is 0.481 e. The molecular weight excluding hydrogens is 178 g/mol. The third kappa shape index (κ3) is 1.75. The van der Waals surface area contributed by atoms with Crippen LogP contribution in [0.1, 0.15) is 32.0 Å². The Morgan fingerprint density at radius 1 is 1.43 bits per heavy atom. The monoisotopic (exact) mass is 197 g/mol. The molecule has 0 saturated carbocycles. The zero-order chi connectivity index (χ0) is 10.9. The van der Waals surface area contributed by atoms with Crippen molar-refractivity contribution in [3.63, 3.8) is 0 Å². The number of ether oxygens (including phenoxy) is 1. The van der Waals surface area contributed by atoms with Gasteiger partial charge in [-0.05, 0) is 27.7 Å². The molecule has 0 amide bonds. The quantitative estimate of drug-likeness (QED) is 0.780. The zero-order valence-electron chi connectivity index (χ0n) is 9.59. The minimum absolute atomic E-state index is 0.0798. The van der Waals surface area contributed by atoms with E-state index in [1.54, 1.807) is 7.11 Å². The second kappa shape index (κ2) is 3.61. The Kier molecular flexibility index (Phi) is 2.85. The van der Waals surface area contributed by atoms with Gasteiger partial charge in [0.25, 0.3) is 0 Å². The van der Waals surface area contributed by atoms with Crippen molar-refractivity contribution in [3.8, 4) is 5.88 Å². The Bertz CT molecular complexity index is 323. The fourth-order valence-corrected chi connectivity index (χ4v) is 1.44. The van der Waals surface area contributed by atoms with Gasteiger partial charge in [-0.15, -0.1) is 0 Å². The molecule has 0 spiro atoms. The van der Waals surface area contributed by atoms with Crippen molar-refractivity contribution in [2.24, 2.45) is 5.73 Å². The molecule has 1 rings (SSSR count). The van der Waals surface area contributed by atoms with E-state index in [0.29, 0.717) is 6.54 Å². The predicted octanol–water partition coefficient (Wildman–Crippen LogP) is 1.41. The van der Waals surface area contributed by atoms with Crippen LogP contribution in [0.15, 0.2) is 0 Å². The maximum atomic E-state index is 5.65. The van der Waals surface area contributed by atoms with Gasteiger partial charge in [0.2, 0.25) is 5.88 Å². The van der Waals surface area contributed by atoms with Gasteiger partial charge < -0.3 is 10.5 Å². The highest BCUT2D eigenvalue weighted by Gasteiger charge is 2.23. The van der Waals surface area contributed by atoms with E-state index in [2.05, 4.69) is 25.9 Å². The summed E-state index contributed by atoms with van der Waals surface area (Å²) in [6.07, 6.45) is 0. The second-order valence-electron chi connectivity index (χ2n) is 4.36. The molecule has 1 aromatic rings. The number of rotatable bonds is 2. The van der Waals surface area contributed by atoms with E-state index in [9.17, 15) is 0 Å². The Morgan fingerprint density at radius 2 is 2.00 bits per heavy atom. The molecule has 0 saturated heterocycles. The summed E-state index contributed by atoms with van der Waals surface area (Å²) < 4.78 is 7.21. The van der Waals surface area contributed by atoms with Crippen molar-refractivity contribution in [1.29, 1.82) is 0 Å². The summed E-state index contributed by atoms with van der Waals surface area (Å²) in [5, 5.41) is 4.44. The lowest BCUT2D eigenvalue weighted by Crippen LogP contribution is -2.24. The number of aromatic nitrogens is 2. The number of nitrogens with two attached hydrogens (primary N) is 1. The molecule has 0 radical (unpaired) electrons. The average molecular weight is 197 g/mol. The summed E-state index contributed by atoms with van der Waals surface area (Å²) in [6.45, 7) is 8.67. The molecule has 4 nitrogen and oxygen atoms in total. The minimum atomic E-state index is -0.0798. The van der Waals surface area contributed by atoms with Crippen LogP contribution in [0.2, 0.25) is 0 Å². The van der Waals surface area contributed by atoms with Crippen LogP contribution < -0.4 is 10.5 Å². The van der Waals surface area contributed by atoms with Crippen molar-refractivity contribution in [2.45, 2.75) is 39.8 Å². The van der Waals surface area contributed by atoms with Crippen LogP contribution in [-0.4, -0.2) is 16.9 Å². The van der Waals surface area contributed by atoms with Crippen LogP contribution in [0.5, 0.6) is 5.88 Å². The van der Waals surface area contributed by atoms with E-state index in [-0.39, 0.29) is 5.54 Å². The van der Waals surface area contributed by atoms with E-state index >= 15 is 0 Å². The molecular formula is C10H19N3O. The summed E-state index contributed by atoms with van der Waals surface area (Å²) in [7, 11) is 1.65. The summed E-state index contributed by atoms with van der Waals surface area (Å²) in [5.41, 5.74) is 7.50. The predicted molar refractivity (Wildman–Crippen MR) is 56.4 cm³/mol. The molecule has 0 aliphatic rings. The first-order valence-electron chi connectivity index (χ1n) is 4.74. The number of methoxy groups -OCH3 is 1. The third-order valence-corrected chi connectivity index (χ3v) is 2.17. The first kappa shape index (κ1) is 11.0. The highest BCUT2D eigenvalue weighted by atomic mass is 16.5. The van der Waals surface area contributed by atoms with Gasteiger partial charge in [0.15, 0.2) is 0 Å². The topological polar surface area (TPSA) is 53.1 Å². The second-order valence-corrected chi connectivity index (χ2v) is 4.36. The van der Waals surface area contributed by atoms with E-state index in [1.165, 1.54) is 0 Å². The summed E-state index contributed by atoms with van der Waals surface area (Å²) in [4.78, 5) is 0. The lowest BCUT2D eigenvalue weighted by molar-refractivity contribution is 0.280. The van der Waals surface area contributed by atoms with Crippen LogP contribution in [0.3, 0.4) is 0 Å². The molecule has 0 atom stereocenters. The van der Waals surface area contributed by atoms with Crippen molar-refractivity contribution in [1.82, 2.24) is 9.78 Å². The molecule has 80 valence electrons. The number of hydrogen-bond donors (Lipinski definition) is 1. The Labute approximate surface area is 85.0 Å². The standard InChI is InChI=1S/C10H19N3O/c1-7-8(6-11)9(14-5)13(12-7)10(2,3)4/h6,11H2,1-5H3. The van der Waals surface area contributed by atoms with Gasteiger partial charge >= 0.3 is 0 Å². The van der Waals surface area contributed by atoms with Gasteiger partial charge in [-0.1, -0.05) is 0 Å². The van der Waals surface area contributed by atoms with E-state index in [0.717, 1.165) is 17.1 Å². The van der Waals surface area contributed by atoms with Crippen molar-refractivity contribution < 1.29 is 4.74 Å². The molecule has 0 aromatic carbocycles. The highest BCUT2D eigenvalue weighted by molar-refractivity contribution is 5.31. The maximum absolute atomic E-state index is 5.65. The normalized spacial score (nSPS) is 11.9. The van der Waals surface area contributed by atoms with Gasteiger partial charge in [0.1, 0.15) is 0 Å². The van der Waals surface area contributed by atoms with Gasteiger partial charge in [-0.3, -0.25) is 0 Å². The SMILES string of the molecule is COc1c(CN)c(C)nn1C(C)(C)C. The maximum Gasteiger partial charge on any atom is 0.216 e.